The van der Waals surface area contributed by atoms with Crippen LogP contribution in [0.5, 0.6) is 5.75 Å². The number of ether oxygens (including phenoxy) is 2. The van der Waals surface area contributed by atoms with E-state index in [2.05, 4.69) is 10.2 Å². The Bertz CT molecular complexity index is 916. The number of hydrogen-bond acceptors (Lipinski definition) is 6. The highest BCUT2D eigenvalue weighted by molar-refractivity contribution is 5.89. The van der Waals surface area contributed by atoms with Crippen LogP contribution in [0.25, 0.3) is 11.5 Å². The minimum atomic E-state index is -0.649. The zero-order valence-corrected chi connectivity index (χ0v) is 15.1. The maximum Gasteiger partial charge on any atom is 0.338 e. The molecule has 0 aliphatic carbocycles. The largest absolute Gasteiger partial charge is 0.497 e. The molecular weight excluding hydrogens is 332 g/mol. The van der Waals surface area contributed by atoms with Gasteiger partial charge in [-0.15, -0.1) is 10.2 Å². The first kappa shape index (κ1) is 17.7. The summed E-state index contributed by atoms with van der Waals surface area (Å²) in [4.78, 5) is 12.3. The van der Waals surface area contributed by atoms with Crippen molar-refractivity contribution >= 4 is 5.97 Å². The smallest absolute Gasteiger partial charge is 0.338 e. The first-order valence-corrected chi connectivity index (χ1v) is 8.24. The first-order chi connectivity index (χ1) is 12.5. The molecule has 2 aromatic carbocycles. The van der Waals surface area contributed by atoms with Gasteiger partial charge in [-0.25, -0.2) is 4.79 Å². The number of carbonyl (C=O) groups is 1. The van der Waals surface area contributed by atoms with Crippen molar-refractivity contribution in [1.82, 2.24) is 10.2 Å². The molecule has 0 amide bonds. The molecule has 0 N–H and O–H groups in total. The highest BCUT2D eigenvalue weighted by Gasteiger charge is 2.20. The summed E-state index contributed by atoms with van der Waals surface area (Å²) < 4.78 is 16.2. The Morgan fingerprint density at radius 2 is 1.77 bits per heavy atom. The number of methoxy groups -OCH3 is 1. The zero-order valence-electron chi connectivity index (χ0n) is 15.1. The molecule has 1 aromatic heterocycles. The van der Waals surface area contributed by atoms with Gasteiger partial charge in [0.1, 0.15) is 5.75 Å². The molecule has 0 aliphatic heterocycles. The number of nitrogens with zero attached hydrogens (tertiary/aromatic N) is 2. The fourth-order valence-corrected chi connectivity index (χ4v) is 2.40. The lowest BCUT2D eigenvalue weighted by Crippen LogP contribution is -2.10. The van der Waals surface area contributed by atoms with E-state index in [1.54, 1.807) is 26.2 Å². The fraction of sp³-hybridized carbons (Fsp3) is 0.250. The molecule has 0 spiro atoms. The van der Waals surface area contributed by atoms with Crippen molar-refractivity contribution in [2.24, 2.45) is 0 Å². The molecule has 0 aliphatic rings. The summed E-state index contributed by atoms with van der Waals surface area (Å²) in [5.74, 6) is 0.915. The second-order valence-corrected chi connectivity index (χ2v) is 6.02. The molecule has 0 bridgehead atoms. The molecule has 3 rings (SSSR count). The van der Waals surface area contributed by atoms with E-state index in [0.29, 0.717) is 11.5 Å². The molecule has 0 fully saturated rings. The van der Waals surface area contributed by atoms with Crippen LogP contribution in [0.3, 0.4) is 0 Å². The van der Waals surface area contributed by atoms with Crippen molar-refractivity contribution < 1.29 is 18.7 Å². The average molecular weight is 352 g/mol. The van der Waals surface area contributed by atoms with Crippen molar-refractivity contribution in [2.75, 3.05) is 7.11 Å². The second kappa shape index (κ2) is 7.39. The zero-order chi connectivity index (χ0) is 18.7. The number of carbonyl (C=O) groups excluding carboxylic acids is 1. The Hall–Kier alpha value is -3.15. The topological polar surface area (TPSA) is 74.5 Å². The van der Waals surface area contributed by atoms with E-state index in [4.69, 9.17) is 13.9 Å². The second-order valence-electron chi connectivity index (χ2n) is 6.02. The van der Waals surface area contributed by atoms with E-state index in [9.17, 15) is 4.79 Å². The number of esters is 1. The van der Waals surface area contributed by atoms with Crippen LogP contribution in [0, 0.1) is 13.8 Å². The lowest BCUT2D eigenvalue weighted by atomic mass is 10.1. The van der Waals surface area contributed by atoms with Gasteiger partial charge in [0, 0.05) is 5.56 Å². The standard InChI is InChI=1S/C20H20N2O4/c1-12-5-6-16(11-13(12)2)20(23)25-14(3)18-21-22-19(26-18)15-7-9-17(24-4)10-8-15/h5-11,14H,1-4H3/t14-/m0/s1. The van der Waals surface area contributed by atoms with Crippen molar-refractivity contribution in [2.45, 2.75) is 26.9 Å². The van der Waals surface area contributed by atoms with Crippen LogP contribution in [0.4, 0.5) is 0 Å². The van der Waals surface area contributed by atoms with Crippen LogP contribution in [0.1, 0.15) is 40.4 Å². The third-order valence-electron chi connectivity index (χ3n) is 4.15. The number of aryl methyl sites for hydroxylation is 2. The molecule has 1 atom stereocenters. The van der Waals surface area contributed by atoms with Crippen LogP contribution in [0.2, 0.25) is 0 Å². The molecule has 0 saturated carbocycles. The number of aromatic nitrogens is 2. The van der Waals surface area contributed by atoms with Gasteiger partial charge in [-0.1, -0.05) is 6.07 Å². The van der Waals surface area contributed by atoms with Crippen LogP contribution >= 0.6 is 0 Å². The molecule has 0 unspecified atom stereocenters. The van der Waals surface area contributed by atoms with E-state index in [1.165, 1.54) is 0 Å². The van der Waals surface area contributed by atoms with Gasteiger partial charge in [-0.05, 0) is 68.3 Å². The molecule has 0 saturated heterocycles. The van der Waals surface area contributed by atoms with Gasteiger partial charge in [-0.2, -0.15) is 0 Å². The number of benzene rings is 2. The van der Waals surface area contributed by atoms with Crippen LogP contribution in [-0.4, -0.2) is 23.3 Å². The number of hydrogen-bond donors (Lipinski definition) is 0. The van der Waals surface area contributed by atoms with Gasteiger partial charge in [0.2, 0.25) is 5.89 Å². The Balaban J connectivity index is 1.71. The predicted octanol–water partition coefficient (Wildman–Crippen LogP) is 4.28. The predicted molar refractivity (Wildman–Crippen MR) is 96.0 cm³/mol. The van der Waals surface area contributed by atoms with Crippen LogP contribution in [-0.2, 0) is 4.74 Å². The normalized spacial score (nSPS) is 11.8. The highest BCUT2D eigenvalue weighted by Crippen LogP contribution is 2.25. The van der Waals surface area contributed by atoms with Gasteiger partial charge in [0.15, 0.2) is 6.10 Å². The molecule has 0 radical (unpaired) electrons. The molecule has 3 aromatic rings. The summed E-state index contributed by atoms with van der Waals surface area (Å²) in [7, 11) is 1.60. The van der Waals surface area contributed by atoms with E-state index in [0.717, 1.165) is 22.4 Å². The van der Waals surface area contributed by atoms with Crippen molar-refractivity contribution in [3.8, 4) is 17.2 Å². The summed E-state index contributed by atoms with van der Waals surface area (Å²) in [6.45, 7) is 5.64. The summed E-state index contributed by atoms with van der Waals surface area (Å²) in [6, 6.07) is 12.7. The minimum Gasteiger partial charge on any atom is -0.497 e. The van der Waals surface area contributed by atoms with Gasteiger partial charge in [0.05, 0.1) is 12.7 Å². The summed E-state index contributed by atoms with van der Waals surface area (Å²) in [6.07, 6.45) is -0.649. The average Bonchev–Trinajstić information content (AvgIpc) is 3.14. The van der Waals surface area contributed by atoms with Gasteiger partial charge in [0.25, 0.3) is 5.89 Å². The van der Waals surface area contributed by atoms with E-state index >= 15 is 0 Å². The Kier molecular flexibility index (Phi) is 5.02. The maximum atomic E-state index is 12.3. The Morgan fingerprint density at radius 1 is 1.04 bits per heavy atom. The molecule has 26 heavy (non-hydrogen) atoms. The Labute approximate surface area is 151 Å². The quantitative estimate of drug-likeness (QED) is 0.638. The molecule has 1 heterocycles. The van der Waals surface area contributed by atoms with Gasteiger partial charge >= 0.3 is 5.97 Å². The van der Waals surface area contributed by atoms with E-state index in [1.807, 2.05) is 44.2 Å². The maximum absolute atomic E-state index is 12.3. The summed E-state index contributed by atoms with van der Waals surface area (Å²) in [5.41, 5.74) is 3.41. The van der Waals surface area contributed by atoms with Crippen molar-refractivity contribution in [3.63, 3.8) is 0 Å². The van der Waals surface area contributed by atoms with Gasteiger partial charge < -0.3 is 13.9 Å². The fourth-order valence-electron chi connectivity index (χ4n) is 2.40. The number of rotatable bonds is 5. The highest BCUT2D eigenvalue weighted by atomic mass is 16.6. The van der Waals surface area contributed by atoms with Crippen LogP contribution < -0.4 is 4.74 Å². The lowest BCUT2D eigenvalue weighted by Gasteiger charge is -2.10. The van der Waals surface area contributed by atoms with Crippen molar-refractivity contribution in [3.05, 3.63) is 65.0 Å². The Morgan fingerprint density at radius 3 is 2.42 bits per heavy atom. The van der Waals surface area contributed by atoms with Crippen molar-refractivity contribution in [1.29, 1.82) is 0 Å². The molecule has 6 nitrogen and oxygen atoms in total. The first-order valence-electron chi connectivity index (χ1n) is 8.24. The lowest BCUT2D eigenvalue weighted by molar-refractivity contribution is 0.0280. The minimum absolute atomic E-state index is 0.244. The SMILES string of the molecule is COc1ccc(-c2nnc([C@H](C)OC(=O)c3ccc(C)c(C)c3)o2)cc1. The van der Waals surface area contributed by atoms with Gasteiger partial charge in [-0.3, -0.25) is 0 Å². The van der Waals surface area contributed by atoms with E-state index < -0.39 is 12.1 Å². The molecule has 134 valence electrons. The summed E-state index contributed by atoms with van der Waals surface area (Å²) >= 11 is 0. The third-order valence-corrected chi connectivity index (χ3v) is 4.15. The molecule has 6 heteroatoms. The molecular formula is C20H20N2O4. The van der Waals surface area contributed by atoms with E-state index in [-0.39, 0.29) is 5.89 Å². The monoisotopic (exact) mass is 352 g/mol. The van der Waals surface area contributed by atoms with Crippen LogP contribution in [0.15, 0.2) is 46.9 Å². The summed E-state index contributed by atoms with van der Waals surface area (Å²) in [5, 5.41) is 8.01. The third kappa shape index (κ3) is 3.74.